The molecule has 0 spiro atoms. The van der Waals surface area contributed by atoms with Gasteiger partial charge in [0.25, 0.3) is 0 Å². The summed E-state index contributed by atoms with van der Waals surface area (Å²) in [4.78, 5) is 2.52. The van der Waals surface area contributed by atoms with E-state index in [0.29, 0.717) is 5.41 Å². The third kappa shape index (κ3) is 3.18. The molecule has 0 atom stereocenters. The van der Waals surface area contributed by atoms with E-state index in [2.05, 4.69) is 25.8 Å². The summed E-state index contributed by atoms with van der Waals surface area (Å²) >= 11 is 0. The molecule has 0 unspecified atom stereocenters. The Morgan fingerprint density at radius 1 is 1.27 bits per heavy atom. The van der Waals surface area contributed by atoms with Crippen LogP contribution in [0.4, 0.5) is 0 Å². The van der Waals surface area contributed by atoms with Gasteiger partial charge in [0.2, 0.25) is 0 Å². The van der Waals surface area contributed by atoms with Gasteiger partial charge >= 0.3 is 0 Å². The highest BCUT2D eigenvalue weighted by atomic mass is 15.1. The van der Waals surface area contributed by atoms with Gasteiger partial charge in [0, 0.05) is 6.04 Å². The van der Waals surface area contributed by atoms with E-state index >= 15 is 0 Å². The van der Waals surface area contributed by atoms with Crippen LogP contribution in [0.5, 0.6) is 0 Å². The molecule has 1 aliphatic carbocycles. The summed E-state index contributed by atoms with van der Waals surface area (Å²) in [5.74, 6) is 0. The van der Waals surface area contributed by atoms with Crippen molar-refractivity contribution in [2.45, 2.75) is 58.4 Å². The zero-order valence-electron chi connectivity index (χ0n) is 10.8. The summed E-state index contributed by atoms with van der Waals surface area (Å²) in [6.45, 7) is 6.69. The van der Waals surface area contributed by atoms with Gasteiger partial charge in [0.15, 0.2) is 0 Å². The predicted molar refractivity (Wildman–Crippen MR) is 67.0 cm³/mol. The Kier molecular flexibility index (Phi) is 5.07. The topological polar surface area (TPSA) is 29.3 Å². The number of nitrogens with zero attached hydrogens (tertiary/aromatic N) is 1. The van der Waals surface area contributed by atoms with Gasteiger partial charge in [-0.25, -0.2) is 0 Å². The van der Waals surface area contributed by atoms with Crippen molar-refractivity contribution in [1.29, 1.82) is 0 Å². The first-order valence-electron chi connectivity index (χ1n) is 6.57. The molecule has 0 aromatic heterocycles. The Balaban J connectivity index is 2.29. The number of hydrogen-bond donors (Lipinski definition) is 1. The van der Waals surface area contributed by atoms with E-state index in [1.165, 1.54) is 45.1 Å². The zero-order chi connectivity index (χ0) is 11.3. The number of hydrogen-bond acceptors (Lipinski definition) is 2. The van der Waals surface area contributed by atoms with E-state index in [9.17, 15) is 0 Å². The summed E-state index contributed by atoms with van der Waals surface area (Å²) in [5.41, 5.74) is 6.39. The second-order valence-corrected chi connectivity index (χ2v) is 5.26. The van der Waals surface area contributed by atoms with Gasteiger partial charge in [0.05, 0.1) is 0 Å². The van der Waals surface area contributed by atoms with Crippen molar-refractivity contribution < 1.29 is 0 Å². The Bertz CT molecular complexity index is 166. The Morgan fingerprint density at radius 3 is 2.20 bits per heavy atom. The molecule has 0 saturated heterocycles. The molecule has 1 aliphatic rings. The van der Waals surface area contributed by atoms with Crippen LogP contribution in [0, 0.1) is 5.41 Å². The van der Waals surface area contributed by atoms with E-state index in [1.54, 1.807) is 0 Å². The lowest BCUT2D eigenvalue weighted by molar-refractivity contribution is 0.0997. The summed E-state index contributed by atoms with van der Waals surface area (Å²) in [6.07, 6.45) is 7.95. The van der Waals surface area contributed by atoms with Crippen LogP contribution in [0.25, 0.3) is 0 Å². The summed E-state index contributed by atoms with van der Waals surface area (Å²) in [5, 5.41) is 0. The lowest BCUT2D eigenvalue weighted by atomic mass is 9.66. The van der Waals surface area contributed by atoms with Gasteiger partial charge in [-0.15, -0.1) is 0 Å². The highest BCUT2D eigenvalue weighted by molar-refractivity contribution is 4.89. The SMILES string of the molecule is CCC(CC)N(C)CCC1(CN)CCC1. The fourth-order valence-corrected chi connectivity index (χ4v) is 2.74. The Hall–Kier alpha value is -0.0800. The largest absolute Gasteiger partial charge is 0.330 e. The molecule has 2 nitrogen and oxygen atoms in total. The number of nitrogens with two attached hydrogens (primary N) is 1. The van der Waals surface area contributed by atoms with Crippen LogP contribution < -0.4 is 5.73 Å². The molecule has 90 valence electrons. The zero-order valence-corrected chi connectivity index (χ0v) is 10.8. The lowest BCUT2D eigenvalue weighted by Crippen LogP contribution is -2.41. The van der Waals surface area contributed by atoms with Crippen molar-refractivity contribution in [2.24, 2.45) is 11.1 Å². The first-order valence-corrected chi connectivity index (χ1v) is 6.57. The van der Waals surface area contributed by atoms with Crippen LogP contribution in [-0.2, 0) is 0 Å². The molecule has 0 aromatic rings. The van der Waals surface area contributed by atoms with E-state index in [-0.39, 0.29) is 0 Å². The highest BCUT2D eigenvalue weighted by Gasteiger charge is 2.35. The van der Waals surface area contributed by atoms with Gasteiger partial charge < -0.3 is 10.6 Å². The molecule has 0 aromatic carbocycles. The maximum absolute atomic E-state index is 5.88. The summed E-state index contributed by atoms with van der Waals surface area (Å²) < 4.78 is 0. The van der Waals surface area contributed by atoms with Gasteiger partial charge in [-0.3, -0.25) is 0 Å². The smallest absolute Gasteiger partial charge is 0.00869 e. The molecule has 0 aliphatic heterocycles. The van der Waals surface area contributed by atoms with Crippen LogP contribution in [-0.4, -0.2) is 31.1 Å². The minimum Gasteiger partial charge on any atom is -0.330 e. The minimum atomic E-state index is 0.514. The number of rotatable bonds is 7. The second kappa shape index (κ2) is 5.86. The van der Waals surface area contributed by atoms with Gasteiger partial charge in [-0.2, -0.15) is 0 Å². The molecule has 1 saturated carbocycles. The van der Waals surface area contributed by atoms with E-state index in [1.807, 2.05) is 0 Å². The molecule has 2 heteroatoms. The Morgan fingerprint density at radius 2 is 1.87 bits per heavy atom. The highest BCUT2D eigenvalue weighted by Crippen LogP contribution is 2.42. The maximum Gasteiger partial charge on any atom is 0.00869 e. The first-order chi connectivity index (χ1) is 7.17. The molecule has 0 amide bonds. The van der Waals surface area contributed by atoms with Gasteiger partial charge in [0.1, 0.15) is 0 Å². The fraction of sp³-hybridized carbons (Fsp3) is 1.00. The van der Waals surface area contributed by atoms with E-state index < -0.39 is 0 Å². The maximum atomic E-state index is 5.88. The van der Waals surface area contributed by atoms with Gasteiger partial charge in [-0.05, 0) is 57.7 Å². The third-order valence-electron chi connectivity index (χ3n) is 4.41. The summed E-state index contributed by atoms with van der Waals surface area (Å²) in [7, 11) is 2.26. The van der Waals surface area contributed by atoms with Crippen molar-refractivity contribution in [3.8, 4) is 0 Å². The molecule has 2 N–H and O–H groups in total. The molecular formula is C13H28N2. The lowest BCUT2D eigenvalue weighted by Gasteiger charge is -2.42. The molecule has 1 fully saturated rings. The van der Waals surface area contributed by atoms with E-state index in [0.717, 1.165) is 12.6 Å². The molecule has 0 bridgehead atoms. The molecule has 15 heavy (non-hydrogen) atoms. The third-order valence-corrected chi connectivity index (χ3v) is 4.41. The van der Waals surface area contributed by atoms with Crippen LogP contribution in [0.15, 0.2) is 0 Å². The second-order valence-electron chi connectivity index (χ2n) is 5.26. The molecule has 1 rings (SSSR count). The standard InChI is InChI=1S/C13H28N2/c1-4-12(5-2)15(3)10-9-13(11-14)7-6-8-13/h12H,4-11,14H2,1-3H3. The van der Waals surface area contributed by atoms with Crippen molar-refractivity contribution >= 4 is 0 Å². The average molecular weight is 212 g/mol. The van der Waals surface area contributed by atoms with Crippen molar-refractivity contribution in [3.63, 3.8) is 0 Å². The van der Waals surface area contributed by atoms with Crippen molar-refractivity contribution in [3.05, 3.63) is 0 Å². The van der Waals surface area contributed by atoms with Gasteiger partial charge in [-0.1, -0.05) is 20.3 Å². The fourth-order valence-electron chi connectivity index (χ4n) is 2.74. The van der Waals surface area contributed by atoms with Crippen LogP contribution >= 0.6 is 0 Å². The van der Waals surface area contributed by atoms with Crippen LogP contribution in [0.1, 0.15) is 52.4 Å². The summed E-state index contributed by atoms with van der Waals surface area (Å²) in [6, 6.07) is 0.764. The predicted octanol–water partition coefficient (Wildman–Crippen LogP) is 2.63. The van der Waals surface area contributed by atoms with Crippen molar-refractivity contribution in [1.82, 2.24) is 4.90 Å². The Labute approximate surface area is 95.2 Å². The molecule has 0 heterocycles. The molecular weight excluding hydrogens is 184 g/mol. The van der Waals surface area contributed by atoms with Crippen LogP contribution in [0.2, 0.25) is 0 Å². The monoisotopic (exact) mass is 212 g/mol. The molecule has 0 radical (unpaired) electrons. The quantitative estimate of drug-likeness (QED) is 0.703. The minimum absolute atomic E-state index is 0.514. The first kappa shape index (κ1) is 13.0. The normalized spacial score (nSPS) is 19.6. The van der Waals surface area contributed by atoms with E-state index in [4.69, 9.17) is 5.73 Å². The van der Waals surface area contributed by atoms with Crippen LogP contribution in [0.3, 0.4) is 0 Å². The average Bonchev–Trinajstić information content (AvgIpc) is 2.19. The van der Waals surface area contributed by atoms with Crippen molar-refractivity contribution in [2.75, 3.05) is 20.1 Å².